The van der Waals surface area contributed by atoms with Crippen LogP contribution in [0, 0.1) is 11.8 Å². The minimum absolute atomic E-state index is 0.0777. The molecule has 0 bridgehead atoms. The Balaban J connectivity index is 1.28. The van der Waals surface area contributed by atoms with E-state index in [1.165, 1.54) is 24.9 Å². The Kier molecular flexibility index (Phi) is 4.89. The standard InChI is InChI=1S/C25H21N5O4S/c1-34-17-6-3-15-12-30(21(31)18(15)11-17)13-25(22(32)28-23(33)29-25)9-8-14-2-7-19-20(10-14)35-24(27-19)26-16-4-5-16/h2-3,6-7,10-11,16H,4-5,12-13H2,1H3,(H,26,27)(H2,28,29,32,33)/t25-/m1/s1. The second-order valence-electron chi connectivity index (χ2n) is 8.87. The summed E-state index contributed by atoms with van der Waals surface area (Å²) in [5, 5.41) is 9.19. The lowest BCUT2D eigenvalue weighted by Gasteiger charge is -2.26. The number of nitrogens with one attached hydrogen (secondary N) is 3. The number of amides is 4. The Morgan fingerprint density at radius 1 is 1.23 bits per heavy atom. The fourth-order valence-corrected chi connectivity index (χ4v) is 5.24. The largest absolute Gasteiger partial charge is 0.497 e. The third-order valence-corrected chi connectivity index (χ3v) is 7.23. The van der Waals surface area contributed by atoms with Gasteiger partial charge in [-0.1, -0.05) is 29.2 Å². The number of rotatable bonds is 5. The number of urea groups is 1. The third-order valence-electron chi connectivity index (χ3n) is 6.28. The number of ether oxygens (including phenoxy) is 1. The van der Waals surface area contributed by atoms with Gasteiger partial charge in [0, 0.05) is 23.7 Å². The Bertz CT molecular complexity index is 1470. The highest BCUT2D eigenvalue weighted by atomic mass is 32.1. The Morgan fingerprint density at radius 3 is 2.83 bits per heavy atom. The summed E-state index contributed by atoms with van der Waals surface area (Å²) in [4.78, 5) is 44.1. The summed E-state index contributed by atoms with van der Waals surface area (Å²) < 4.78 is 6.21. The number of imide groups is 1. The van der Waals surface area contributed by atoms with Gasteiger partial charge in [-0.15, -0.1) is 0 Å². The van der Waals surface area contributed by atoms with Gasteiger partial charge in [-0.2, -0.15) is 0 Å². The maximum Gasteiger partial charge on any atom is 0.323 e. The number of benzene rings is 2. The quantitative estimate of drug-likeness (QED) is 0.377. The number of fused-ring (bicyclic) bond motifs is 2. The molecule has 2 aliphatic heterocycles. The van der Waals surface area contributed by atoms with Crippen molar-refractivity contribution in [3.05, 3.63) is 53.1 Å². The Hall–Kier alpha value is -4.10. The molecule has 3 aliphatic rings. The van der Waals surface area contributed by atoms with Crippen molar-refractivity contribution in [3.8, 4) is 17.6 Å². The molecule has 1 saturated carbocycles. The van der Waals surface area contributed by atoms with Crippen LogP contribution in [0.3, 0.4) is 0 Å². The molecular weight excluding hydrogens is 466 g/mol. The van der Waals surface area contributed by atoms with Crippen molar-refractivity contribution in [2.24, 2.45) is 0 Å². The normalized spacial score (nSPS) is 20.8. The summed E-state index contributed by atoms with van der Waals surface area (Å²) in [6.45, 7) is 0.236. The van der Waals surface area contributed by atoms with Gasteiger partial charge in [-0.05, 0) is 48.7 Å². The van der Waals surface area contributed by atoms with E-state index >= 15 is 0 Å². The SMILES string of the molecule is COc1ccc2c(c1)C(=O)N(C[C@@]1(C#Cc3ccc4nc(NC5CC5)sc4c3)NC(=O)NC1=O)C2. The maximum absolute atomic E-state index is 13.1. The molecule has 9 nitrogen and oxygen atoms in total. The number of methoxy groups -OCH3 is 1. The van der Waals surface area contributed by atoms with Crippen LogP contribution in [-0.2, 0) is 11.3 Å². The molecule has 3 N–H and O–H groups in total. The van der Waals surface area contributed by atoms with Crippen LogP contribution in [0.5, 0.6) is 5.75 Å². The molecular formula is C25H21N5O4S. The van der Waals surface area contributed by atoms with Crippen LogP contribution in [0.4, 0.5) is 9.93 Å². The number of nitrogens with zero attached hydrogens (tertiary/aromatic N) is 2. The number of hydrogen-bond donors (Lipinski definition) is 3. The van der Waals surface area contributed by atoms with E-state index < -0.39 is 17.5 Å². The molecule has 1 aliphatic carbocycles. The maximum atomic E-state index is 13.1. The molecule has 0 spiro atoms. The van der Waals surface area contributed by atoms with E-state index in [9.17, 15) is 14.4 Å². The zero-order chi connectivity index (χ0) is 24.2. The number of thiazole rings is 1. The van der Waals surface area contributed by atoms with Crippen LogP contribution in [0.15, 0.2) is 36.4 Å². The van der Waals surface area contributed by atoms with Crippen molar-refractivity contribution >= 4 is 44.5 Å². The van der Waals surface area contributed by atoms with Gasteiger partial charge < -0.3 is 20.3 Å². The molecule has 1 atom stereocenters. The van der Waals surface area contributed by atoms with Crippen LogP contribution in [-0.4, -0.2) is 53.0 Å². The first kappa shape index (κ1) is 21.4. The lowest BCUT2D eigenvalue weighted by Crippen LogP contribution is -2.54. The lowest BCUT2D eigenvalue weighted by molar-refractivity contribution is -0.122. The van der Waals surface area contributed by atoms with E-state index in [0.717, 1.165) is 20.9 Å². The molecule has 0 unspecified atom stereocenters. The first-order valence-corrected chi connectivity index (χ1v) is 12.0. The molecule has 6 rings (SSSR count). The molecule has 35 heavy (non-hydrogen) atoms. The van der Waals surface area contributed by atoms with Crippen molar-refractivity contribution in [1.82, 2.24) is 20.5 Å². The second kappa shape index (κ2) is 7.99. The number of hydrogen-bond acceptors (Lipinski definition) is 7. The number of anilines is 1. The summed E-state index contributed by atoms with van der Waals surface area (Å²) in [6, 6.07) is 10.8. The first-order chi connectivity index (χ1) is 16.9. The molecule has 3 aromatic rings. The van der Waals surface area contributed by atoms with E-state index in [4.69, 9.17) is 4.74 Å². The minimum Gasteiger partial charge on any atom is -0.497 e. The van der Waals surface area contributed by atoms with Crippen LogP contribution >= 0.6 is 11.3 Å². The van der Waals surface area contributed by atoms with Crippen LogP contribution in [0.1, 0.15) is 34.3 Å². The van der Waals surface area contributed by atoms with Gasteiger partial charge in [0.25, 0.3) is 11.8 Å². The van der Waals surface area contributed by atoms with Crippen LogP contribution < -0.4 is 20.7 Å². The monoisotopic (exact) mass is 487 g/mol. The number of carbonyl (C=O) groups excluding carboxylic acids is 3. The number of carbonyl (C=O) groups is 3. The van der Waals surface area contributed by atoms with Crippen molar-refractivity contribution in [1.29, 1.82) is 0 Å². The average molecular weight is 488 g/mol. The molecule has 3 heterocycles. The van der Waals surface area contributed by atoms with Crippen LogP contribution in [0.25, 0.3) is 10.2 Å². The molecule has 2 fully saturated rings. The zero-order valence-electron chi connectivity index (χ0n) is 18.8. The molecule has 1 aromatic heterocycles. The lowest BCUT2D eigenvalue weighted by atomic mass is 9.99. The third kappa shape index (κ3) is 3.94. The predicted molar refractivity (Wildman–Crippen MR) is 130 cm³/mol. The zero-order valence-corrected chi connectivity index (χ0v) is 19.6. The van der Waals surface area contributed by atoms with Crippen molar-refractivity contribution < 1.29 is 19.1 Å². The van der Waals surface area contributed by atoms with Gasteiger partial charge in [0.2, 0.25) is 5.54 Å². The van der Waals surface area contributed by atoms with E-state index in [2.05, 4.69) is 32.8 Å². The highest BCUT2D eigenvalue weighted by Crippen LogP contribution is 2.32. The van der Waals surface area contributed by atoms with Gasteiger partial charge in [-0.25, -0.2) is 9.78 Å². The summed E-state index contributed by atoms with van der Waals surface area (Å²) in [7, 11) is 1.54. The topological polar surface area (TPSA) is 113 Å². The second-order valence-corrected chi connectivity index (χ2v) is 9.90. The molecule has 10 heteroatoms. The van der Waals surface area contributed by atoms with E-state index in [0.29, 0.717) is 29.5 Å². The summed E-state index contributed by atoms with van der Waals surface area (Å²) in [6.07, 6.45) is 2.33. The van der Waals surface area contributed by atoms with Gasteiger partial charge in [0.1, 0.15) is 5.75 Å². The Morgan fingerprint density at radius 2 is 2.09 bits per heavy atom. The van der Waals surface area contributed by atoms with Gasteiger partial charge in [0.15, 0.2) is 5.13 Å². The van der Waals surface area contributed by atoms with E-state index in [1.807, 2.05) is 24.3 Å². The van der Waals surface area contributed by atoms with Crippen LogP contribution in [0.2, 0.25) is 0 Å². The number of aromatic nitrogens is 1. The summed E-state index contributed by atoms with van der Waals surface area (Å²) in [5.74, 6) is 5.75. The molecule has 176 valence electrons. The highest BCUT2D eigenvalue weighted by Gasteiger charge is 2.48. The minimum atomic E-state index is -1.56. The van der Waals surface area contributed by atoms with E-state index in [-0.39, 0.29) is 12.5 Å². The predicted octanol–water partition coefficient (Wildman–Crippen LogP) is 2.46. The molecule has 4 amide bonds. The van der Waals surface area contributed by atoms with Gasteiger partial charge >= 0.3 is 6.03 Å². The van der Waals surface area contributed by atoms with Crippen molar-refractivity contribution in [3.63, 3.8) is 0 Å². The fourth-order valence-electron chi connectivity index (χ4n) is 4.26. The molecule has 0 radical (unpaired) electrons. The Labute approximate surface area is 204 Å². The van der Waals surface area contributed by atoms with Crippen molar-refractivity contribution in [2.75, 3.05) is 19.0 Å². The highest BCUT2D eigenvalue weighted by molar-refractivity contribution is 7.22. The molecule has 1 saturated heterocycles. The van der Waals surface area contributed by atoms with E-state index in [1.54, 1.807) is 23.5 Å². The van der Waals surface area contributed by atoms with Gasteiger partial charge in [0.05, 0.1) is 23.9 Å². The smallest absolute Gasteiger partial charge is 0.323 e. The molecule has 2 aromatic carbocycles. The average Bonchev–Trinajstić information content (AvgIpc) is 3.39. The van der Waals surface area contributed by atoms with Crippen molar-refractivity contribution in [2.45, 2.75) is 31.0 Å². The summed E-state index contributed by atoms with van der Waals surface area (Å²) in [5.41, 5.74) is 1.35. The van der Waals surface area contributed by atoms with Gasteiger partial charge in [-0.3, -0.25) is 14.9 Å². The summed E-state index contributed by atoms with van der Waals surface area (Å²) >= 11 is 1.56. The fraction of sp³-hybridized carbons (Fsp3) is 0.280. The first-order valence-electron chi connectivity index (χ1n) is 11.2.